The van der Waals surface area contributed by atoms with Crippen LogP contribution in [0.25, 0.3) is 0 Å². The van der Waals surface area contributed by atoms with Crippen molar-refractivity contribution in [2.45, 2.75) is 39.3 Å². The van der Waals surface area contributed by atoms with Gasteiger partial charge in [0.25, 0.3) is 0 Å². The molecule has 1 aromatic rings. The van der Waals surface area contributed by atoms with Crippen molar-refractivity contribution >= 4 is 31.9 Å². The molecular weight excluding hydrogens is 360 g/mol. The molecule has 0 saturated carbocycles. The summed E-state index contributed by atoms with van der Waals surface area (Å²) in [6, 6.07) is 2.57. The highest BCUT2D eigenvalue weighted by Crippen LogP contribution is 2.32. The maximum atomic E-state index is 5.90. The van der Waals surface area contributed by atoms with Crippen LogP contribution in [-0.2, 0) is 0 Å². The van der Waals surface area contributed by atoms with Gasteiger partial charge in [0.1, 0.15) is 5.76 Å². The first-order chi connectivity index (χ1) is 8.36. The van der Waals surface area contributed by atoms with Gasteiger partial charge in [0.2, 0.25) is 0 Å². The lowest BCUT2D eigenvalue weighted by Crippen LogP contribution is -2.37. The molecule has 0 radical (unpaired) electrons. The molecule has 0 saturated heterocycles. The Hall–Kier alpha value is 0.160. The summed E-state index contributed by atoms with van der Waals surface area (Å²) >= 11 is 6.81. The van der Waals surface area contributed by atoms with Crippen molar-refractivity contribution in [3.63, 3.8) is 0 Å². The molecule has 2 atom stereocenters. The number of halogens is 2. The minimum absolute atomic E-state index is 0.112. The second kappa shape index (κ2) is 7.08. The molecule has 104 valence electrons. The summed E-state index contributed by atoms with van der Waals surface area (Å²) < 4.78 is 7.35. The lowest BCUT2D eigenvalue weighted by atomic mass is 10.0. The fourth-order valence-electron chi connectivity index (χ4n) is 2.17. The van der Waals surface area contributed by atoms with Crippen LogP contribution in [0.3, 0.4) is 0 Å². The summed E-state index contributed by atoms with van der Waals surface area (Å²) in [6.45, 7) is 7.25. The number of furan rings is 1. The summed E-state index contributed by atoms with van der Waals surface area (Å²) in [6.07, 6.45) is 1.15. The average Bonchev–Trinajstić information content (AvgIpc) is 2.58. The van der Waals surface area contributed by atoms with Gasteiger partial charge in [-0.2, -0.15) is 0 Å². The zero-order valence-electron chi connectivity index (χ0n) is 11.4. The van der Waals surface area contributed by atoms with E-state index in [1.807, 2.05) is 6.07 Å². The van der Waals surface area contributed by atoms with Crippen molar-refractivity contribution in [1.82, 2.24) is 4.90 Å². The molecule has 5 heteroatoms. The number of likely N-dealkylation sites (N-methyl/N-ethyl adjacent to an activating group) is 1. The smallest absolute Gasteiger partial charge is 0.183 e. The first kappa shape index (κ1) is 16.2. The highest BCUT2D eigenvalue weighted by atomic mass is 79.9. The molecule has 0 aromatic carbocycles. The van der Waals surface area contributed by atoms with Crippen molar-refractivity contribution in [3.05, 3.63) is 21.0 Å². The molecule has 0 aliphatic carbocycles. The fraction of sp³-hybridized carbons (Fsp3) is 0.692. The van der Waals surface area contributed by atoms with Gasteiger partial charge in [-0.05, 0) is 64.2 Å². The Kier molecular flexibility index (Phi) is 6.38. The Labute approximate surface area is 126 Å². The molecule has 1 heterocycles. The quantitative estimate of drug-likeness (QED) is 0.803. The van der Waals surface area contributed by atoms with Gasteiger partial charge >= 0.3 is 0 Å². The van der Waals surface area contributed by atoms with E-state index in [0.717, 1.165) is 21.3 Å². The molecule has 0 aliphatic heterocycles. The normalized spacial score (nSPS) is 15.4. The van der Waals surface area contributed by atoms with Crippen molar-refractivity contribution in [2.24, 2.45) is 11.7 Å². The molecule has 3 nitrogen and oxygen atoms in total. The second-order valence-corrected chi connectivity index (χ2v) is 6.74. The third kappa shape index (κ3) is 4.08. The first-order valence-electron chi connectivity index (χ1n) is 6.23. The van der Waals surface area contributed by atoms with Gasteiger partial charge in [0, 0.05) is 12.6 Å². The maximum absolute atomic E-state index is 5.90. The number of nitrogens with zero attached hydrogens (tertiary/aromatic N) is 1. The van der Waals surface area contributed by atoms with E-state index >= 15 is 0 Å². The lowest BCUT2D eigenvalue weighted by molar-refractivity contribution is 0.150. The van der Waals surface area contributed by atoms with E-state index in [-0.39, 0.29) is 6.04 Å². The van der Waals surface area contributed by atoms with Gasteiger partial charge in [0.05, 0.1) is 10.5 Å². The highest BCUT2D eigenvalue weighted by Gasteiger charge is 2.24. The number of rotatable bonds is 6. The van der Waals surface area contributed by atoms with Gasteiger partial charge in [-0.3, -0.25) is 4.90 Å². The Bertz CT molecular complexity index is 360. The maximum Gasteiger partial charge on any atom is 0.183 e. The van der Waals surface area contributed by atoms with Crippen LogP contribution in [0.4, 0.5) is 0 Å². The Morgan fingerprint density at radius 1 is 1.33 bits per heavy atom. The third-order valence-corrected chi connectivity index (χ3v) is 4.93. The van der Waals surface area contributed by atoms with E-state index in [1.165, 1.54) is 0 Å². The molecule has 0 bridgehead atoms. The minimum atomic E-state index is 0.112. The standard InChI is InChI=1S/C13H22Br2N2O/c1-8(2)5-9(3)17(4)11(7-16)12-6-10(14)13(15)18-12/h6,8-9,11H,5,7,16H2,1-4H3. The summed E-state index contributed by atoms with van der Waals surface area (Å²) in [5, 5.41) is 0. The van der Waals surface area contributed by atoms with E-state index in [9.17, 15) is 0 Å². The van der Waals surface area contributed by atoms with Crippen molar-refractivity contribution in [2.75, 3.05) is 13.6 Å². The van der Waals surface area contributed by atoms with Gasteiger partial charge in [-0.1, -0.05) is 13.8 Å². The fourth-order valence-corrected chi connectivity index (χ4v) is 2.77. The van der Waals surface area contributed by atoms with E-state index in [1.54, 1.807) is 0 Å². The molecular formula is C13H22Br2N2O. The highest BCUT2D eigenvalue weighted by molar-refractivity contribution is 9.13. The zero-order chi connectivity index (χ0) is 13.9. The number of hydrogen-bond donors (Lipinski definition) is 1. The summed E-state index contributed by atoms with van der Waals surface area (Å²) in [5.41, 5.74) is 5.90. The first-order valence-corrected chi connectivity index (χ1v) is 7.82. The molecule has 2 N–H and O–H groups in total. The van der Waals surface area contributed by atoms with Crippen LogP contribution in [0.15, 0.2) is 19.6 Å². The minimum Gasteiger partial charge on any atom is -0.451 e. The van der Waals surface area contributed by atoms with E-state index in [4.69, 9.17) is 10.2 Å². The van der Waals surface area contributed by atoms with Gasteiger partial charge in [-0.25, -0.2) is 0 Å². The molecule has 2 unspecified atom stereocenters. The SMILES string of the molecule is CC(C)CC(C)N(C)C(CN)c1cc(Br)c(Br)o1. The number of nitrogens with two attached hydrogens (primary N) is 1. The van der Waals surface area contributed by atoms with Crippen LogP contribution in [0.2, 0.25) is 0 Å². The van der Waals surface area contributed by atoms with Crippen LogP contribution >= 0.6 is 31.9 Å². The van der Waals surface area contributed by atoms with Gasteiger partial charge < -0.3 is 10.2 Å². The lowest BCUT2D eigenvalue weighted by Gasteiger charge is -2.32. The average molecular weight is 382 g/mol. The molecule has 0 aliphatic rings. The van der Waals surface area contributed by atoms with E-state index in [2.05, 4.69) is 64.6 Å². The van der Waals surface area contributed by atoms with Gasteiger partial charge in [-0.15, -0.1) is 0 Å². The predicted octanol–water partition coefficient (Wildman–Crippen LogP) is 4.17. The van der Waals surface area contributed by atoms with Crippen molar-refractivity contribution in [1.29, 1.82) is 0 Å². The van der Waals surface area contributed by atoms with Crippen LogP contribution < -0.4 is 5.73 Å². The van der Waals surface area contributed by atoms with Crippen LogP contribution in [0.1, 0.15) is 39.0 Å². The van der Waals surface area contributed by atoms with E-state index < -0.39 is 0 Å². The monoisotopic (exact) mass is 380 g/mol. The van der Waals surface area contributed by atoms with Gasteiger partial charge in [0.15, 0.2) is 4.67 Å². The van der Waals surface area contributed by atoms with Crippen LogP contribution in [0.5, 0.6) is 0 Å². The molecule has 1 aromatic heterocycles. The topological polar surface area (TPSA) is 42.4 Å². The van der Waals surface area contributed by atoms with Crippen molar-refractivity contribution < 1.29 is 4.42 Å². The molecule has 18 heavy (non-hydrogen) atoms. The second-order valence-electron chi connectivity index (χ2n) is 5.17. The molecule has 1 rings (SSSR count). The Morgan fingerprint density at radius 2 is 1.94 bits per heavy atom. The number of hydrogen-bond acceptors (Lipinski definition) is 3. The largest absolute Gasteiger partial charge is 0.451 e. The Morgan fingerprint density at radius 3 is 2.33 bits per heavy atom. The van der Waals surface area contributed by atoms with E-state index in [0.29, 0.717) is 18.5 Å². The Balaban J connectivity index is 2.82. The molecule has 0 spiro atoms. The zero-order valence-corrected chi connectivity index (χ0v) is 14.6. The summed E-state index contributed by atoms with van der Waals surface area (Å²) in [7, 11) is 2.11. The van der Waals surface area contributed by atoms with Crippen molar-refractivity contribution in [3.8, 4) is 0 Å². The third-order valence-electron chi connectivity index (χ3n) is 3.22. The molecule has 0 amide bonds. The van der Waals surface area contributed by atoms with Crippen LogP contribution in [-0.4, -0.2) is 24.5 Å². The van der Waals surface area contributed by atoms with Crippen LogP contribution in [0, 0.1) is 5.92 Å². The summed E-state index contributed by atoms with van der Waals surface area (Å²) in [5.74, 6) is 1.57. The summed E-state index contributed by atoms with van der Waals surface area (Å²) in [4.78, 5) is 2.29. The molecule has 0 fully saturated rings. The predicted molar refractivity (Wildman–Crippen MR) is 82.6 cm³/mol.